The Morgan fingerprint density at radius 2 is 2.37 bits per heavy atom. The van der Waals surface area contributed by atoms with Gasteiger partial charge in [-0.2, -0.15) is 5.10 Å². The van der Waals surface area contributed by atoms with E-state index in [1.165, 1.54) is 25.1 Å². The number of aromatic nitrogens is 2. The van der Waals surface area contributed by atoms with Crippen molar-refractivity contribution in [3.8, 4) is 0 Å². The third-order valence-corrected chi connectivity index (χ3v) is 3.97. The van der Waals surface area contributed by atoms with E-state index < -0.39 is 0 Å². The molecule has 0 spiro atoms. The second kappa shape index (κ2) is 6.03. The highest BCUT2D eigenvalue weighted by Crippen LogP contribution is 2.30. The summed E-state index contributed by atoms with van der Waals surface area (Å²) in [5.41, 5.74) is 1.20. The van der Waals surface area contributed by atoms with Crippen LogP contribution in [0, 0.1) is 5.92 Å². The zero-order chi connectivity index (χ0) is 13.1. The quantitative estimate of drug-likeness (QED) is 0.831. The summed E-state index contributed by atoms with van der Waals surface area (Å²) in [5.74, 6) is 0.907. The van der Waals surface area contributed by atoms with Gasteiger partial charge in [0.1, 0.15) is 0 Å². The maximum atomic E-state index is 5.89. The van der Waals surface area contributed by atoms with Crippen LogP contribution in [-0.2, 0) is 11.3 Å². The van der Waals surface area contributed by atoms with Gasteiger partial charge in [-0.1, -0.05) is 0 Å². The molecule has 1 saturated carbocycles. The van der Waals surface area contributed by atoms with E-state index in [4.69, 9.17) is 4.74 Å². The number of likely N-dealkylation sites (N-methyl/N-ethyl adjacent to an activating group) is 1. The maximum absolute atomic E-state index is 5.89. The second-order valence-electron chi connectivity index (χ2n) is 5.97. The summed E-state index contributed by atoms with van der Waals surface area (Å²) in [7, 11) is 2.18. The van der Waals surface area contributed by atoms with Crippen molar-refractivity contribution in [2.45, 2.75) is 25.5 Å². The lowest BCUT2D eigenvalue weighted by atomic mass is 10.2. The number of rotatable bonds is 6. The van der Waals surface area contributed by atoms with Crippen LogP contribution in [0.1, 0.15) is 18.5 Å². The zero-order valence-electron chi connectivity index (χ0n) is 11.7. The van der Waals surface area contributed by atoms with Crippen molar-refractivity contribution in [3.05, 3.63) is 18.0 Å². The van der Waals surface area contributed by atoms with Crippen LogP contribution in [0.5, 0.6) is 0 Å². The molecular formula is C14H24N4O. The first-order chi connectivity index (χ1) is 9.29. The Hall–Kier alpha value is -0.910. The number of nitrogens with zero attached hydrogens (tertiary/aromatic N) is 3. The summed E-state index contributed by atoms with van der Waals surface area (Å²) in [4.78, 5) is 4.88. The fourth-order valence-electron chi connectivity index (χ4n) is 2.75. The Kier molecular flexibility index (Phi) is 4.15. The van der Waals surface area contributed by atoms with E-state index in [1.54, 1.807) is 0 Å². The first-order valence-corrected chi connectivity index (χ1v) is 7.30. The highest BCUT2D eigenvalue weighted by Gasteiger charge is 2.27. The summed E-state index contributed by atoms with van der Waals surface area (Å²) in [6.45, 7) is 6.15. The fourth-order valence-corrected chi connectivity index (χ4v) is 2.75. The molecule has 0 bridgehead atoms. The van der Waals surface area contributed by atoms with Crippen molar-refractivity contribution in [3.63, 3.8) is 0 Å². The number of ether oxygens (including phenoxy) is 1. The third kappa shape index (κ3) is 4.03. The van der Waals surface area contributed by atoms with Crippen molar-refractivity contribution in [2.75, 3.05) is 39.8 Å². The fraction of sp³-hybridized carbons (Fsp3) is 0.786. The lowest BCUT2D eigenvalue weighted by Gasteiger charge is -2.33. The van der Waals surface area contributed by atoms with Crippen LogP contribution in [0.25, 0.3) is 0 Å². The Labute approximate surface area is 114 Å². The number of hydrogen-bond donors (Lipinski definition) is 1. The average Bonchev–Trinajstić information content (AvgIpc) is 3.03. The predicted octanol–water partition coefficient (Wildman–Crippen LogP) is 0.952. The molecule has 1 saturated heterocycles. The molecule has 1 aromatic rings. The number of morpholine rings is 1. The smallest absolute Gasteiger partial charge is 0.0829 e. The lowest BCUT2D eigenvalue weighted by Crippen LogP contribution is -2.46. The Morgan fingerprint density at radius 1 is 1.47 bits per heavy atom. The van der Waals surface area contributed by atoms with Crippen molar-refractivity contribution < 1.29 is 4.74 Å². The van der Waals surface area contributed by atoms with Crippen LogP contribution in [0.3, 0.4) is 0 Å². The van der Waals surface area contributed by atoms with Crippen LogP contribution in [0.4, 0.5) is 0 Å². The summed E-state index contributed by atoms with van der Waals surface area (Å²) in [6, 6.07) is 2.06. The Bertz CT molecular complexity index is 377. The first-order valence-electron chi connectivity index (χ1n) is 7.30. The largest absolute Gasteiger partial charge is 0.374 e. The third-order valence-electron chi connectivity index (χ3n) is 3.97. The molecule has 5 nitrogen and oxygen atoms in total. The molecule has 2 fully saturated rings. The van der Waals surface area contributed by atoms with E-state index in [1.807, 2.05) is 6.20 Å². The van der Waals surface area contributed by atoms with Gasteiger partial charge in [0.25, 0.3) is 0 Å². The van der Waals surface area contributed by atoms with Gasteiger partial charge in [-0.3, -0.25) is 10.00 Å². The molecule has 1 aliphatic heterocycles. The van der Waals surface area contributed by atoms with Crippen LogP contribution >= 0.6 is 0 Å². The van der Waals surface area contributed by atoms with Gasteiger partial charge in [-0.05, 0) is 31.9 Å². The standard InChI is InChI=1S/C14H24N4O/c1-17-6-7-19-14(10-17)11-18(8-12-2-3-12)9-13-4-5-15-16-13/h4-5,12,14H,2-3,6-11H2,1H3,(H,15,16). The molecule has 0 radical (unpaired) electrons. The van der Waals surface area contributed by atoms with E-state index in [-0.39, 0.29) is 0 Å². The molecule has 0 aromatic carbocycles. The molecule has 1 atom stereocenters. The second-order valence-corrected chi connectivity index (χ2v) is 5.97. The number of nitrogens with one attached hydrogen (secondary N) is 1. The summed E-state index contributed by atoms with van der Waals surface area (Å²) < 4.78 is 5.89. The molecule has 5 heteroatoms. The molecular weight excluding hydrogens is 240 g/mol. The molecule has 2 heterocycles. The van der Waals surface area contributed by atoms with Crippen LogP contribution in [0.2, 0.25) is 0 Å². The van der Waals surface area contributed by atoms with E-state index >= 15 is 0 Å². The predicted molar refractivity (Wildman–Crippen MR) is 73.8 cm³/mol. The van der Waals surface area contributed by atoms with Crippen molar-refractivity contribution in [1.29, 1.82) is 0 Å². The lowest BCUT2D eigenvalue weighted by molar-refractivity contribution is -0.0374. The van der Waals surface area contributed by atoms with Gasteiger partial charge < -0.3 is 9.64 Å². The SMILES string of the molecule is CN1CCOC(CN(Cc2ccn[nH]2)CC2CC2)C1. The minimum absolute atomic E-state index is 0.348. The Morgan fingerprint density at radius 3 is 3.05 bits per heavy atom. The van der Waals surface area contributed by atoms with E-state index in [9.17, 15) is 0 Å². The minimum Gasteiger partial charge on any atom is -0.374 e. The Balaban J connectivity index is 1.55. The summed E-state index contributed by atoms with van der Waals surface area (Å²) >= 11 is 0. The van der Waals surface area contributed by atoms with Crippen LogP contribution in [0.15, 0.2) is 12.3 Å². The number of H-pyrrole nitrogens is 1. The molecule has 3 rings (SSSR count). The van der Waals surface area contributed by atoms with Crippen molar-refractivity contribution >= 4 is 0 Å². The van der Waals surface area contributed by atoms with Crippen molar-refractivity contribution in [1.82, 2.24) is 20.0 Å². The summed E-state index contributed by atoms with van der Waals surface area (Å²) in [6.07, 6.45) is 4.96. The van der Waals surface area contributed by atoms with E-state index in [2.05, 4.69) is 33.1 Å². The molecule has 1 unspecified atom stereocenters. The topological polar surface area (TPSA) is 44.4 Å². The highest BCUT2D eigenvalue weighted by molar-refractivity contribution is 4.98. The average molecular weight is 264 g/mol. The first kappa shape index (κ1) is 13.1. The van der Waals surface area contributed by atoms with Crippen molar-refractivity contribution in [2.24, 2.45) is 5.92 Å². The van der Waals surface area contributed by atoms with Gasteiger partial charge in [-0.25, -0.2) is 0 Å². The molecule has 106 valence electrons. The monoisotopic (exact) mass is 264 g/mol. The van der Waals surface area contributed by atoms with Gasteiger partial charge in [-0.15, -0.1) is 0 Å². The van der Waals surface area contributed by atoms with E-state index in [0.717, 1.165) is 38.7 Å². The number of aromatic amines is 1. The van der Waals surface area contributed by atoms with Gasteiger partial charge in [0.05, 0.1) is 12.7 Å². The highest BCUT2D eigenvalue weighted by atomic mass is 16.5. The van der Waals surface area contributed by atoms with E-state index in [0.29, 0.717) is 6.10 Å². The molecule has 19 heavy (non-hydrogen) atoms. The molecule has 1 aliphatic carbocycles. The molecule has 1 N–H and O–H groups in total. The van der Waals surface area contributed by atoms with Crippen LogP contribution < -0.4 is 0 Å². The molecule has 0 amide bonds. The summed E-state index contributed by atoms with van der Waals surface area (Å²) in [5, 5.41) is 7.10. The number of hydrogen-bond acceptors (Lipinski definition) is 4. The van der Waals surface area contributed by atoms with Gasteiger partial charge >= 0.3 is 0 Å². The normalized spacial score (nSPS) is 25.1. The zero-order valence-corrected chi connectivity index (χ0v) is 11.7. The molecule has 1 aromatic heterocycles. The maximum Gasteiger partial charge on any atom is 0.0829 e. The van der Waals surface area contributed by atoms with Gasteiger partial charge in [0.15, 0.2) is 0 Å². The van der Waals surface area contributed by atoms with Gasteiger partial charge in [0.2, 0.25) is 0 Å². The molecule has 2 aliphatic rings. The minimum atomic E-state index is 0.348. The van der Waals surface area contributed by atoms with Crippen LogP contribution in [-0.4, -0.2) is 65.9 Å². The van der Waals surface area contributed by atoms with Gasteiger partial charge in [0, 0.05) is 44.6 Å².